The van der Waals surface area contributed by atoms with Crippen molar-refractivity contribution in [1.29, 1.82) is 0 Å². The number of nitrogens with zero attached hydrogens (tertiary/aromatic N) is 2. The second-order valence-corrected chi connectivity index (χ2v) is 8.10. The molecule has 0 saturated carbocycles. The van der Waals surface area contributed by atoms with Crippen molar-refractivity contribution in [2.45, 2.75) is 26.8 Å². The summed E-state index contributed by atoms with van der Waals surface area (Å²) in [4.78, 5) is 31.7. The van der Waals surface area contributed by atoms with E-state index in [-0.39, 0.29) is 23.1 Å². The molecule has 0 aliphatic carbocycles. The van der Waals surface area contributed by atoms with Crippen molar-refractivity contribution in [3.05, 3.63) is 67.7 Å². The van der Waals surface area contributed by atoms with Crippen LogP contribution in [0.25, 0.3) is 11.0 Å². The number of likely N-dealkylation sites (N-methyl/N-ethyl adjacent to an activating group) is 1. The number of amides is 1. The number of benzene rings is 1. The molecule has 0 radical (unpaired) electrons. The number of fused-ring (bicyclic) bond motifs is 2. The van der Waals surface area contributed by atoms with Crippen LogP contribution in [0.3, 0.4) is 0 Å². The van der Waals surface area contributed by atoms with E-state index in [1.54, 1.807) is 22.3 Å². The molecule has 28 heavy (non-hydrogen) atoms. The van der Waals surface area contributed by atoms with Crippen LogP contribution < -0.4 is 5.43 Å². The fraction of sp³-hybridized carbons (Fsp3) is 0.364. The maximum atomic E-state index is 13.4. The van der Waals surface area contributed by atoms with Crippen molar-refractivity contribution in [2.24, 2.45) is 0 Å². The van der Waals surface area contributed by atoms with Gasteiger partial charge in [-0.3, -0.25) is 9.59 Å². The molecule has 1 atom stereocenters. The summed E-state index contributed by atoms with van der Waals surface area (Å²) in [5.74, 6) is -0.000527. The lowest BCUT2D eigenvalue weighted by Crippen LogP contribution is -2.37. The Kier molecular flexibility index (Phi) is 5.08. The minimum Gasteiger partial charge on any atom is -0.450 e. The lowest BCUT2D eigenvalue weighted by atomic mass is 10.0. The molecule has 146 valence electrons. The van der Waals surface area contributed by atoms with Crippen LogP contribution >= 0.6 is 11.3 Å². The molecule has 0 fully saturated rings. The summed E-state index contributed by atoms with van der Waals surface area (Å²) < 4.78 is 5.97. The minimum absolute atomic E-state index is 0.1000. The van der Waals surface area contributed by atoms with E-state index in [0.29, 0.717) is 23.1 Å². The number of rotatable bonds is 6. The lowest BCUT2D eigenvalue weighted by Gasteiger charge is -2.27. The summed E-state index contributed by atoms with van der Waals surface area (Å²) in [5.41, 5.74) is 1.84. The quantitative estimate of drug-likeness (QED) is 0.631. The Bertz CT molecular complexity index is 1070. The van der Waals surface area contributed by atoms with Gasteiger partial charge in [-0.25, -0.2) is 0 Å². The van der Waals surface area contributed by atoms with Gasteiger partial charge in [0, 0.05) is 18.0 Å². The van der Waals surface area contributed by atoms with Gasteiger partial charge in [0.25, 0.3) is 5.91 Å². The van der Waals surface area contributed by atoms with Gasteiger partial charge in [-0.2, -0.15) is 0 Å². The molecule has 6 heteroatoms. The smallest absolute Gasteiger partial charge is 0.290 e. The van der Waals surface area contributed by atoms with Gasteiger partial charge in [-0.15, -0.1) is 11.3 Å². The van der Waals surface area contributed by atoms with Crippen molar-refractivity contribution in [1.82, 2.24) is 9.80 Å². The average Bonchev–Trinajstić information content (AvgIpc) is 3.31. The standard InChI is InChI=1S/C22H24N2O3S/c1-4-23(5-2)10-11-24-19(17-7-6-12-28-17)18-20(25)15-13-14(3)8-9-16(15)27-21(18)22(24)26/h6-9,12-13,19H,4-5,10-11H2,1-3H3/t19-/m1/s1. The van der Waals surface area contributed by atoms with Gasteiger partial charge in [0.05, 0.1) is 17.0 Å². The summed E-state index contributed by atoms with van der Waals surface area (Å²) >= 11 is 1.56. The molecule has 1 aromatic carbocycles. The van der Waals surface area contributed by atoms with Crippen LogP contribution in [0.1, 0.15) is 46.4 Å². The average molecular weight is 397 g/mol. The Morgan fingerprint density at radius 3 is 2.64 bits per heavy atom. The second-order valence-electron chi connectivity index (χ2n) is 7.12. The third kappa shape index (κ3) is 3.06. The van der Waals surface area contributed by atoms with E-state index in [1.807, 2.05) is 36.6 Å². The highest BCUT2D eigenvalue weighted by atomic mass is 32.1. The van der Waals surface area contributed by atoms with Crippen LogP contribution in [-0.2, 0) is 0 Å². The van der Waals surface area contributed by atoms with Crippen molar-refractivity contribution in [3.63, 3.8) is 0 Å². The molecule has 0 saturated heterocycles. The van der Waals surface area contributed by atoms with Gasteiger partial charge in [0.15, 0.2) is 5.43 Å². The first kappa shape index (κ1) is 18.9. The molecule has 0 spiro atoms. The number of thiophene rings is 1. The van der Waals surface area contributed by atoms with Crippen molar-refractivity contribution < 1.29 is 9.21 Å². The normalized spacial score (nSPS) is 16.4. The summed E-state index contributed by atoms with van der Waals surface area (Å²) in [6.07, 6.45) is 0. The molecule has 3 heterocycles. The van der Waals surface area contributed by atoms with E-state index in [4.69, 9.17) is 4.42 Å². The summed E-state index contributed by atoms with van der Waals surface area (Å²) in [6, 6.07) is 9.08. The van der Waals surface area contributed by atoms with Gasteiger partial charge in [-0.05, 0) is 43.6 Å². The number of hydrogen-bond donors (Lipinski definition) is 0. The summed E-state index contributed by atoms with van der Waals surface area (Å²) in [5, 5.41) is 2.52. The number of aryl methyl sites for hydroxylation is 1. The molecule has 0 N–H and O–H groups in total. The predicted octanol–water partition coefficient (Wildman–Crippen LogP) is 4.05. The van der Waals surface area contributed by atoms with Crippen LogP contribution in [0.4, 0.5) is 0 Å². The molecule has 1 amide bonds. The van der Waals surface area contributed by atoms with Crippen molar-refractivity contribution in [3.8, 4) is 0 Å². The highest BCUT2D eigenvalue weighted by Gasteiger charge is 2.43. The molecule has 0 bridgehead atoms. The van der Waals surface area contributed by atoms with Gasteiger partial charge >= 0.3 is 0 Å². The first-order valence-corrected chi connectivity index (χ1v) is 10.6. The lowest BCUT2D eigenvalue weighted by molar-refractivity contribution is 0.0710. The molecule has 1 aliphatic rings. The number of carbonyl (C=O) groups excluding carboxylic acids is 1. The Hall–Kier alpha value is -2.44. The van der Waals surface area contributed by atoms with E-state index in [9.17, 15) is 9.59 Å². The molecular weight excluding hydrogens is 372 g/mol. The van der Waals surface area contributed by atoms with Crippen molar-refractivity contribution >= 4 is 28.2 Å². The van der Waals surface area contributed by atoms with E-state index < -0.39 is 0 Å². The molecule has 1 aliphatic heterocycles. The van der Waals surface area contributed by atoms with Gasteiger partial charge < -0.3 is 14.2 Å². The molecule has 5 nitrogen and oxygen atoms in total. The van der Waals surface area contributed by atoms with Gasteiger partial charge in [0.1, 0.15) is 5.58 Å². The number of carbonyl (C=O) groups is 1. The molecular formula is C22H24N2O3S. The zero-order valence-corrected chi connectivity index (χ0v) is 17.2. The highest BCUT2D eigenvalue weighted by Crippen LogP contribution is 2.39. The first-order chi connectivity index (χ1) is 13.5. The second kappa shape index (κ2) is 7.53. The van der Waals surface area contributed by atoms with Crippen LogP contribution in [0, 0.1) is 6.92 Å². The van der Waals surface area contributed by atoms with Crippen LogP contribution in [0.5, 0.6) is 0 Å². The molecule has 4 rings (SSSR count). The monoisotopic (exact) mass is 396 g/mol. The maximum Gasteiger partial charge on any atom is 0.290 e. The third-order valence-corrected chi connectivity index (χ3v) is 6.41. The number of hydrogen-bond acceptors (Lipinski definition) is 5. The van der Waals surface area contributed by atoms with E-state index >= 15 is 0 Å². The van der Waals surface area contributed by atoms with Crippen LogP contribution in [-0.4, -0.2) is 41.9 Å². The van der Waals surface area contributed by atoms with Gasteiger partial charge in [-0.1, -0.05) is 31.5 Å². The van der Waals surface area contributed by atoms with Crippen LogP contribution in [0.2, 0.25) is 0 Å². The highest BCUT2D eigenvalue weighted by molar-refractivity contribution is 7.10. The third-order valence-electron chi connectivity index (χ3n) is 5.49. The minimum atomic E-state index is -0.376. The molecule has 3 aromatic rings. The fourth-order valence-electron chi connectivity index (χ4n) is 3.90. The largest absolute Gasteiger partial charge is 0.450 e. The Balaban J connectivity index is 1.85. The Morgan fingerprint density at radius 1 is 1.18 bits per heavy atom. The summed E-state index contributed by atoms with van der Waals surface area (Å²) in [6.45, 7) is 9.35. The fourth-order valence-corrected chi connectivity index (χ4v) is 4.74. The zero-order chi connectivity index (χ0) is 19.8. The Morgan fingerprint density at radius 2 is 1.96 bits per heavy atom. The molecule has 0 unspecified atom stereocenters. The molecule has 2 aromatic heterocycles. The summed E-state index contributed by atoms with van der Waals surface area (Å²) in [7, 11) is 0. The Labute approximate surface area is 168 Å². The van der Waals surface area contributed by atoms with E-state index in [1.165, 1.54) is 0 Å². The van der Waals surface area contributed by atoms with Gasteiger partial charge in [0.2, 0.25) is 5.76 Å². The first-order valence-electron chi connectivity index (χ1n) is 9.69. The topological polar surface area (TPSA) is 53.8 Å². The van der Waals surface area contributed by atoms with Crippen molar-refractivity contribution in [2.75, 3.05) is 26.2 Å². The van der Waals surface area contributed by atoms with Crippen LogP contribution in [0.15, 0.2) is 44.9 Å². The SMILES string of the molecule is CCN(CC)CCN1C(=O)c2oc3ccc(C)cc3c(=O)c2[C@H]1c1cccs1. The predicted molar refractivity (Wildman–Crippen MR) is 112 cm³/mol. The maximum absolute atomic E-state index is 13.4. The zero-order valence-electron chi connectivity index (χ0n) is 16.4. The van der Waals surface area contributed by atoms with E-state index in [2.05, 4.69) is 18.7 Å². The van der Waals surface area contributed by atoms with E-state index in [0.717, 1.165) is 30.1 Å².